The molecule has 2 unspecified atom stereocenters. The normalized spacial score (nSPS) is 17.9. The van der Waals surface area contributed by atoms with Crippen molar-refractivity contribution in [3.05, 3.63) is 29.3 Å². The highest BCUT2D eigenvalue weighted by Gasteiger charge is 2.25. The highest BCUT2D eigenvalue weighted by molar-refractivity contribution is 14.0. The summed E-state index contributed by atoms with van der Waals surface area (Å²) < 4.78 is 16.6. The molecule has 0 aliphatic carbocycles. The molecule has 8 heteroatoms. The first kappa shape index (κ1) is 25.3. The highest BCUT2D eigenvalue weighted by atomic mass is 127. The Hall–Kier alpha value is -0.770. The van der Waals surface area contributed by atoms with E-state index in [1.54, 1.807) is 7.11 Å². The van der Waals surface area contributed by atoms with Gasteiger partial charge in [0.2, 0.25) is 0 Å². The molecule has 0 aromatic heterocycles. The molecule has 1 aromatic rings. The Labute approximate surface area is 191 Å². The molecule has 2 rings (SSSR count). The van der Waals surface area contributed by atoms with Gasteiger partial charge in [0.05, 0.1) is 26.4 Å². The van der Waals surface area contributed by atoms with E-state index in [1.807, 2.05) is 31.2 Å². The summed E-state index contributed by atoms with van der Waals surface area (Å²) in [6, 6.07) is 7.45. The Morgan fingerprint density at radius 1 is 1.39 bits per heavy atom. The van der Waals surface area contributed by atoms with Crippen molar-refractivity contribution in [2.75, 3.05) is 53.1 Å². The largest absolute Gasteiger partial charge is 0.489 e. The topological polar surface area (TPSA) is 55.3 Å². The lowest BCUT2D eigenvalue weighted by Gasteiger charge is -2.22. The molecular weight excluding hydrogens is 493 g/mol. The third-order valence-electron chi connectivity index (χ3n) is 4.34. The number of nitrogens with one attached hydrogen (secondary N) is 1. The number of rotatable bonds is 10. The number of halogens is 2. The second kappa shape index (κ2) is 14.3. The van der Waals surface area contributed by atoms with Crippen LogP contribution in [0.5, 0.6) is 5.75 Å². The lowest BCUT2D eigenvalue weighted by molar-refractivity contribution is 0.0536. The summed E-state index contributed by atoms with van der Waals surface area (Å²) in [5, 5.41) is 4.06. The van der Waals surface area contributed by atoms with E-state index in [0.717, 1.165) is 44.4 Å². The molecule has 0 radical (unpaired) electrons. The molecule has 1 N–H and O–H groups in total. The van der Waals surface area contributed by atoms with E-state index >= 15 is 0 Å². The molecule has 1 heterocycles. The van der Waals surface area contributed by atoms with Gasteiger partial charge in [0.25, 0.3) is 0 Å². The van der Waals surface area contributed by atoms with Gasteiger partial charge < -0.3 is 24.4 Å². The van der Waals surface area contributed by atoms with E-state index in [0.29, 0.717) is 30.7 Å². The van der Waals surface area contributed by atoms with Gasteiger partial charge in [0.1, 0.15) is 11.9 Å². The van der Waals surface area contributed by atoms with Crippen LogP contribution in [0.1, 0.15) is 20.3 Å². The Morgan fingerprint density at radius 3 is 2.93 bits per heavy atom. The Morgan fingerprint density at radius 2 is 2.21 bits per heavy atom. The molecule has 0 spiro atoms. The van der Waals surface area contributed by atoms with Crippen molar-refractivity contribution < 1.29 is 14.2 Å². The van der Waals surface area contributed by atoms with Crippen LogP contribution in [0, 0.1) is 5.92 Å². The van der Waals surface area contributed by atoms with Gasteiger partial charge in [-0.2, -0.15) is 0 Å². The number of nitrogens with zero attached hydrogens (tertiary/aromatic N) is 2. The van der Waals surface area contributed by atoms with E-state index in [4.69, 9.17) is 30.8 Å². The van der Waals surface area contributed by atoms with Gasteiger partial charge in [-0.05, 0) is 38.5 Å². The number of guanidine groups is 1. The monoisotopic (exact) mass is 525 g/mol. The van der Waals surface area contributed by atoms with Gasteiger partial charge in [-0.25, -0.2) is 4.99 Å². The molecule has 0 amide bonds. The fourth-order valence-electron chi connectivity index (χ4n) is 3.00. The molecule has 160 valence electrons. The van der Waals surface area contributed by atoms with Gasteiger partial charge >= 0.3 is 0 Å². The van der Waals surface area contributed by atoms with Crippen LogP contribution in [0.15, 0.2) is 29.3 Å². The van der Waals surface area contributed by atoms with Gasteiger partial charge in [-0.15, -0.1) is 24.0 Å². The van der Waals surface area contributed by atoms with Crippen molar-refractivity contribution >= 4 is 41.5 Å². The predicted molar refractivity (Wildman–Crippen MR) is 125 cm³/mol. The third kappa shape index (κ3) is 9.15. The standard InChI is InChI=1S/C20H32ClN3O3.HI/c1-4-22-20(24-9-8-17(14-24)15-26-11-10-25-3)23-13-16(2)27-19-7-5-6-18(21)12-19;/h5-7,12,16-17H,4,8-11,13-15H2,1-3H3,(H,22,23);1H. The molecule has 1 aliphatic rings. The number of benzene rings is 1. The number of ether oxygens (including phenoxy) is 3. The first-order chi connectivity index (χ1) is 13.1. The van der Waals surface area contributed by atoms with Crippen molar-refractivity contribution in [3.8, 4) is 5.75 Å². The van der Waals surface area contributed by atoms with Gasteiger partial charge in [0.15, 0.2) is 5.96 Å². The lowest BCUT2D eigenvalue weighted by atomic mass is 10.1. The Bertz CT molecular complexity index is 592. The zero-order valence-electron chi connectivity index (χ0n) is 17.0. The lowest BCUT2D eigenvalue weighted by Crippen LogP contribution is -2.41. The van der Waals surface area contributed by atoms with Crippen LogP contribution in [0.3, 0.4) is 0 Å². The van der Waals surface area contributed by atoms with Crippen LogP contribution < -0.4 is 10.1 Å². The molecule has 1 fully saturated rings. The van der Waals surface area contributed by atoms with E-state index in [-0.39, 0.29) is 30.1 Å². The number of hydrogen-bond donors (Lipinski definition) is 1. The Kier molecular flexibility index (Phi) is 12.9. The first-order valence-corrected chi connectivity index (χ1v) is 10.0. The molecule has 1 aromatic carbocycles. The minimum Gasteiger partial charge on any atom is -0.489 e. The number of likely N-dealkylation sites (tertiary alicyclic amines) is 1. The van der Waals surface area contributed by atoms with Crippen LogP contribution in [0.4, 0.5) is 0 Å². The summed E-state index contributed by atoms with van der Waals surface area (Å²) in [6.07, 6.45) is 1.08. The zero-order chi connectivity index (χ0) is 19.5. The van der Waals surface area contributed by atoms with Crippen molar-refractivity contribution in [1.29, 1.82) is 0 Å². The predicted octanol–water partition coefficient (Wildman–Crippen LogP) is 3.68. The van der Waals surface area contributed by atoms with Crippen molar-refractivity contribution in [2.24, 2.45) is 10.9 Å². The van der Waals surface area contributed by atoms with Crippen molar-refractivity contribution in [2.45, 2.75) is 26.4 Å². The smallest absolute Gasteiger partial charge is 0.194 e. The number of hydrogen-bond acceptors (Lipinski definition) is 4. The van der Waals surface area contributed by atoms with Crippen molar-refractivity contribution in [3.63, 3.8) is 0 Å². The van der Waals surface area contributed by atoms with E-state index in [9.17, 15) is 0 Å². The van der Waals surface area contributed by atoms with Crippen LogP contribution in [0.25, 0.3) is 0 Å². The van der Waals surface area contributed by atoms with Crippen LogP contribution >= 0.6 is 35.6 Å². The van der Waals surface area contributed by atoms with Gasteiger partial charge in [-0.3, -0.25) is 0 Å². The van der Waals surface area contributed by atoms with Crippen LogP contribution in [-0.4, -0.2) is 70.1 Å². The molecular formula is C20H33ClIN3O3. The maximum Gasteiger partial charge on any atom is 0.194 e. The summed E-state index contributed by atoms with van der Waals surface area (Å²) >= 11 is 6.01. The molecule has 6 nitrogen and oxygen atoms in total. The maximum atomic E-state index is 6.01. The average Bonchev–Trinajstić information content (AvgIpc) is 3.11. The summed E-state index contributed by atoms with van der Waals surface area (Å²) in [5.74, 6) is 2.24. The maximum absolute atomic E-state index is 6.01. The number of aliphatic imine (C=N–C) groups is 1. The van der Waals surface area contributed by atoms with Crippen LogP contribution in [-0.2, 0) is 9.47 Å². The second-order valence-corrected chi connectivity index (χ2v) is 7.19. The van der Waals surface area contributed by atoms with Crippen LogP contribution in [0.2, 0.25) is 5.02 Å². The Balaban J connectivity index is 0.00000392. The SMILES string of the molecule is CCNC(=NCC(C)Oc1cccc(Cl)c1)N1CCC(COCCOC)C1.I. The average molecular weight is 526 g/mol. The minimum absolute atomic E-state index is 0. The molecule has 1 saturated heterocycles. The molecule has 28 heavy (non-hydrogen) atoms. The molecule has 2 atom stereocenters. The van der Waals surface area contributed by atoms with Gasteiger partial charge in [0, 0.05) is 37.7 Å². The molecule has 0 bridgehead atoms. The van der Waals surface area contributed by atoms with E-state index in [1.165, 1.54) is 0 Å². The highest BCUT2D eigenvalue weighted by Crippen LogP contribution is 2.19. The van der Waals surface area contributed by atoms with E-state index in [2.05, 4.69) is 17.1 Å². The fourth-order valence-corrected chi connectivity index (χ4v) is 3.18. The minimum atomic E-state index is -0.0344. The molecule has 1 aliphatic heterocycles. The quantitative estimate of drug-likeness (QED) is 0.219. The second-order valence-electron chi connectivity index (χ2n) is 6.75. The fraction of sp³-hybridized carbons (Fsp3) is 0.650. The van der Waals surface area contributed by atoms with Crippen molar-refractivity contribution in [1.82, 2.24) is 10.2 Å². The number of methoxy groups -OCH3 is 1. The third-order valence-corrected chi connectivity index (χ3v) is 4.57. The molecule has 0 saturated carbocycles. The summed E-state index contributed by atoms with van der Waals surface area (Å²) in [5.41, 5.74) is 0. The van der Waals surface area contributed by atoms with E-state index < -0.39 is 0 Å². The zero-order valence-corrected chi connectivity index (χ0v) is 20.1. The summed E-state index contributed by atoms with van der Waals surface area (Å²) in [7, 11) is 1.69. The summed E-state index contributed by atoms with van der Waals surface area (Å²) in [6.45, 7) is 9.55. The first-order valence-electron chi connectivity index (χ1n) is 9.64. The summed E-state index contributed by atoms with van der Waals surface area (Å²) in [4.78, 5) is 7.08. The van der Waals surface area contributed by atoms with Gasteiger partial charge in [-0.1, -0.05) is 17.7 Å².